The summed E-state index contributed by atoms with van der Waals surface area (Å²) in [5.74, 6) is 1.97. The number of rotatable bonds is 10. The summed E-state index contributed by atoms with van der Waals surface area (Å²) in [5.41, 5.74) is 2.46. The van der Waals surface area contributed by atoms with Gasteiger partial charge in [0.05, 0.1) is 6.54 Å². The summed E-state index contributed by atoms with van der Waals surface area (Å²) in [5, 5.41) is 6.73. The van der Waals surface area contributed by atoms with Gasteiger partial charge >= 0.3 is 0 Å². The van der Waals surface area contributed by atoms with Crippen LogP contribution in [-0.2, 0) is 23.0 Å². The second kappa shape index (κ2) is 12.3. The van der Waals surface area contributed by atoms with E-state index in [4.69, 9.17) is 0 Å². The van der Waals surface area contributed by atoms with E-state index in [0.717, 1.165) is 30.9 Å². The molecule has 2 rings (SSSR count). The van der Waals surface area contributed by atoms with Gasteiger partial charge in [0.25, 0.3) is 0 Å². The Morgan fingerprint density at radius 2 is 1.67 bits per heavy atom. The smallest absolute Gasteiger partial charge is 0.191 e. The minimum absolute atomic E-state index is 0.317. The SMILES string of the molecule is CCNC(=NCCS(=O)Cc1ccccc1)NC(C)CCc1ccccc1. The molecular weight excluding hydrogens is 354 g/mol. The first-order chi connectivity index (χ1) is 13.2. The lowest BCUT2D eigenvalue weighted by atomic mass is 10.1. The van der Waals surface area contributed by atoms with Gasteiger partial charge in [-0.2, -0.15) is 0 Å². The van der Waals surface area contributed by atoms with Gasteiger partial charge in [0, 0.05) is 34.9 Å². The average molecular weight is 386 g/mol. The Balaban J connectivity index is 1.76. The first-order valence-corrected chi connectivity index (χ1v) is 11.1. The van der Waals surface area contributed by atoms with Gasteiger partial charge in [0.1, 0.15) is 0 Å². The molecule has 2 aromatic rings. The molecule has 2 unspecified atom stereocenters. The van der Waals surface area contributed by atoms with Crippen LogP contribution < -0.4 is 10.6 Å². The van der Waals surface area contributed by atoms with Gasteiger partial charge in [0.2, 0.25) is 0 Å². The first-order valence-electron chi connectivity index (χ1n) is 9.65. The van der Waals surface area contributed by atoms with Crippen molar-refractivity contribution in [1.82, 2.24) is 10.6 Å². The Morgan fingerprint density at radius 1 is 1.04 bits per heavy atom. The first kappa shape index (κ1) is 21.2. The lowest BCUT2D eigenvalue weighted by molar-refractivity contribution is 0.594. The van der Waals surface area contributed by atoms with Crippen molar-refractivity contribution >= 4 is 16.8 Å². The third kappa shape index (κ3) is 8.87. The van der Waals surface area contributed by atoms with Crippen LogP contribution in [0.3, 0.4) is 0 Å². The zero-order valence-corrected chi connectivity index (χ0v) is 17.2. The summed E-state index contributed by atoms with van der Waals surface area (Å²) in [7, 11) is -0.895. The van der Waals surface area contributed by atoms with Crippen LogP contribution in [0.1, 0.15) is 31.4 Å². The molecule has 5 heteroatoms. The molecule has 27 heavy (non-hydrogen) atoms. The van der Waals surface area contributed by atoms with Gasteiger partial charge in [-0.05, 0) is 37.8 Å². The summed E-state index contributed by atoms with van der Waals surface area (Å²) in [6, 6.07) is 20.8. The number of aliphatic imine (C=N–C) groups is 1. The van der Waals surface area contributed by atoms with Gasteiger partial charge in [-0.1, -0.05) is 60.7 Å². The summed E-state index contributed by atoms with van der Waals surface area (Å²) in [6.45, 7) is 5.59. The highest BCUT2D eigenvalue weighted by atomic mass is 32.2. The largest absolute Gasteiger partial charge is 0.357 e. The van der Waals surface area contributed by atoms with Crippen molar-refractivity contribution in [1.29, 1.82) is 0 Å². The van der Waals surface area contributed by atoms with Crippen LogP contribution in [0.5, 0.6) is 0 Å². The minimum atomic E-state index is -0.895. The predicted octanol–water partition coefficient (Wildman–Crippen LogP) is 3.51. The number of hydrogen-bond acceptors (Lipinski definition) is 2. The van der Waals surface area contributed by atoms with E-state index in [-0.39, 0.29) is 0 Å². The van der Waals surface area contributed by atoms with Crippen molar-refractivity contribution < 1.29 is 4.21 Å². The molecule has 2 atom stereocenters. The second-order valence-corrected chi connectivity index (χ2v) is 8.18. The van der Waals surface area contributed by atoms with Crippen molar-refractivity contribution in [2.24, 2.45) is 4.99 Å². The molecule has 0 heterocycles. The normalized spacial score (nSPS) is 13.8. The number of nitrogens with zero attached hydrogens (tertiary/aromatic N) is 1. The van der Waals surface area contributed by atoms with Crippen LogP contribution >= 0.6 is 0 Å². The molecule has 0 radical (unpaired) electrons. The van der Waals surface area contributed by atoms with Crippen LogP contribution in [0.15, 0.2) is 65.7 Å². The highest BCUT2D eigenvalue weighted by molar-refractivity contribution is 7.84. The van der Waals surface area contributed by atoms with E-state index >= 15 is 0 Å². The highest BCUT2D eigenvalue weighted by Crippen LogP contribution is 2.05. The van der Waals surface area contributed by atoms with Gasteiger partial charge in [-0.3, -0.25) is 9.20 Å². The van der Waals surface area contributed by atoms with Crippen molar-refractivity contribution in [2.75, 3.05) is 18.8 Å². The fourth-order valence-electron chi connectivity index (χ4n) is 2.74. The van der Waals surface area contributed by atoms with E-state index < -0.39 is 10.8 Å². The van der Waals surface area contributed by atoms with E-state index in [9.17, 15) is 4.21 Å². The van der Waals surface area contributed by atoms with Crippen molar-refractivity contribution in [3.8, 4) is 0 Å². The predicted molar refractivity (Wildman–Crippen MR) is 116 cm³/mol. The quantitative estimate of drug-likeness (QED) is 0.486. The van der Waals surface area contributed by atoms with Crippen molar-refractivity contribution in [2.45, 2.75) is 38.5 Å². The maximum Gasteiger partial charge on any atom is 0.191 e. The summed E-state index contributed by atoms with van der Waals surface area (Å²) >= 11 is 0. The molecule has 0 saturated heterocycles. The van der Waals surface area contributed by atoms with Crippen LogP contribution in [0, 0.1) is 0 Å². The van der Waals surface area contributed by atoms with E-state index in [2.05, 4.69) is 53.7 Å². The summed E-state index contributed by atoms with van der Waals surface area (Å²) in [4.78, 5) is 4.59. The third-order valence-corrected chi connectivity index (χ3v) is 5.49. The standard InChI is InChI=1S/C22H31N3OS/c1-3-23-22(25-19(2)14-15-20-10-6-4-7-11-20)24-16-17-27(26)18-21-12-8-5-9-13-21/h4-13,19H,3,14-18H2,1-2H3,(H2,23,24,25). The number of guanidine groups is 1. The molecule has 0 aliphatic carbocycles. The Morgan fingerprint density at radius 3 is 2.30 bits per heavy atom. The zero-order chi connectivity index (χ0) is 19.3. The zero-order valence-electron chi connectivity index (χ0n) is 16.4. The molecule has 0 bridgehead atoms. The molecule has 4 nitrogen and oxygen atoms in total. The van der Waals surface area contributed by atoms with Gasteiger partial charge < -0.3 is 10.6 Å². The molecule has 0 aromatic heterocycles. The maximum absolute atomic E-state index is 12.2. The van der Waals surface area contributed by atoms with E-state index in [1.54, 1.807) is 0 Å². The Hall–Kier alpha value is -2.14. The molecular formula is C22H31N3OS. The van der Waals surface area contributed by atoms with Crippen LogP contribution in [0.2, 0.25) is 0 Å². The highest BCUT2D eigenvalue weighted by Gasteiger charge is 2.06. The molecule has 0 amide bonds. The Bertz CT molecular complexity index is 704. The molecule has 0 spiro atoms. The number of aryl methyl sites for hydroxylation is 1. The van der Waals surface area contributed by atoms with Gasteiger partial charge in [0.15, 0.2) is 5.96 Å². The number of benzene rings is 2. The summed E-state index contributed by atoms with van der Waals surface area (Å²) < 4.78 is 12.2. The fourth-order valence-corrected chi connectivity index (χ4v) is 3.75. The van der Waals surface area contributed by atoms with E-state index in [1.807, 2.05) is 36.4 Å². The molecule has 0 fully saturated rings. The molecule has 0 aliphatic rings. The van der Waals surface area contributed by atoms with E-state index in [1.165, 1.54) is 5.56 Å². The maximum atomic E-state index is 12.2. The Labute approximate surface area is 166 Å². The molecule has 2 aromatic carbocycles. The topological polar surface area (TPSA) is 53.5 Å². The second-order valence-electron chi connectivity index (χ2n) is 6.60. The average Bonchev–Trinajstić information content (AvgIpc) is 2.68. The fraction of sp³-hybridized carbons (Fsp3) is 0.409. The monoisotopic (exact) mass is 385 g/mol. The number of nitrogens with one attached hydrogen (secondary N) is 2. The molecule has 0 saturated carbocycles. The minimum Gasteiger partial charge on any atom is -0.357 e. The molecule has 146 valence electrons. The Kier molecular flexibility index (Phi) is 9.63. The number of hydrogen-bond donors (Lipinski definition) is 2. The van der Waals surface area contributed by atoms with Crippen LogP contribution in [0.4, 0.5) is 0 Å². The lowest BCUT2D eigenvalue weighted by Crippen LogP contribution is -2.42. The summed E-state index contributed by atoms with van der Waals surface area (Å²) in [6.07, 6.45) is 2.07. The van der Waals surface area contributed by atoms with Crippen LogP contribution in [-0.4, -0.2) is 35.1 Å². The van der Waals surface area contributed by atoms with E-state index in [0.29, 0.717) is 24.1 Å². The third-order valence-electron chi connectivity index (χ3n) is 4.20. The van der Waals surface area contributed by atoms with Crippen molar-refractivity contribution in [3.05, 3.63) is 71.8 Å². The van der Waals surface area contributed by atoms with Gasteiger partial charge in [-0.15, -0.1) is 0 Å². The molecule has 2 N–H and O–H groups in total. The van der Waals surface area contributed by atoms with Crippen LogP contribution in [0.25, 0.3) is 0 Å². The van der Waals surface area contributed by atoms with Gasteiger partial charge in [-0.25, -0.2) is 0 Å². The lowest BCUT2D eigenvalue weighted by Gasteiger charge is -2.18. The molecule has 0 aliphatic heterocycles. The van der Waals surface area contributed by atoms with Crippen molar-refractivity contribution in [3.63, 3.8) is 0 Å².